The lowest BCUT2D eigenvalue weighted by atomic mass is 10.1. The van der Waals surface area contributed by atoms with Gasteiger partial charge in [-0.2, -0.15) is 10.4 Å². The molecule has 3 heteroatoms. The van der Waals surface area contributed by atoms with Gasteiger partial charge in [-0.05, 0) is 26.0 Å². The number of hydrogen-bond acceptors (Lipinski definition) is 2. The minimum Gasteiger partial charge on any atom is -0.394 e. The van der Waals surface area contributed by atoms with Gasteiger partial charge in [-0.3, -0.25) is 0 Å². The van der Waals surface area contributed by atoms with Crippen LogP contribution in [0.2, 0.25) is 0 Å². The van der Waals surface area contributed by atoms with Crippen molar-refractivity contribution in [2.75, 3.05) is 5.73 Å². The predicted octanol–water partition coefficient (Wildman–Crippen LogP) is 1.84. The van der Waals surface area contributed by atoms with Crippen LogP contribution in [0.3, 0.4) is 0 Å². The summed E-state index contributed by atoms with van der Waals surface area (Å²) in [5.74, 6) is 6.28. The highest BCUT2D eigenvalue weighted by atomic mass is 15.6. The average Bonchev–Trinajstić information content (AvgIpc) is 2.47. The molecule has 14 heavy (non-hydrogen) atoms. The lowest BCUT2D eigenvalue weighted by Crippen LogP contribution is -2.55. The number of rotatable bonds is 1. The summed E-state index contributed by atoms with van der Waals surface area (Å²) < 4.78 is 0.308. The minimum atomic E-state index is 0.289. The molecule has 0 aliphatic carbocycles. The third-order valence-corrected chi connectivity index (χ3v) is 2.84. The maximum Gasteiger partial charge on any atom is 0.187 e. The second kappa shape index (κ2) is 2.83. The molecule has 3 nitrogen and oxygen atoms in total. The van der Waals surface area contributed by atoms with Gasteiger partial charge in [0.2, 0.25) is 0 Å². The number of benzene rings is 1. The van der Waals surface area contributed by atoms with E-state index in [0.29, 0.717) is 4.59 Å². The molecule has 0 fully saturated rings. The molecule has 1 aromatic carbocycles. The van der Waals surface area contributed by atoms with Crippen molar-refractivity contribution in [3.05, 3.63) is 30.0 Å². The number of anilines is 1. The van der Waals surface area contributed by atoms with E-state index in [2.05, 4.69) is 13.8 Å². The van der Waals surface area contributed by atoms with E-state index in [1.54, 1.807) is 0 Å². The van der Waals surface area contributed by atoms with Crippen molar-refractivity contribution in [2.45, 2.75) is 19.9 Å². The van der Waals surface area contributed by atoms with Gasteiger partial charge < -0.3 is 5.73 Å². The Bertz CT molecular complexity index is 396. The van der Waals surface area contributed by atoms with Gasteiger partial charge in [0.1, 0.15) is 12.2 Å². The Morgan fingerprint density at radius 1 is 1.29 bits per heavy atom. The second-order valence-corrected chi connectivity index (χ2v) is 4.03. The number of para-hydroxylation sites is 1. The highest BCUT2D eigenvalue weighted by molar-refractivity contribution is 5.82. The van der Waals surface area contributed by atoms with E-state index in [0.717, 1.165) is 16.9 Å². The highest BCUT2D eigenvalue weighted by Crippen LogP contribution is 2.38. The van der Waals surface area contributed by atoms with Gasteiger partial charge in [0, 0.05) is 11.6 Å². The molecule has 1 unspecified atom stereocenters. The number of nitrogens with zero attached hydrogens (tertiary/aromatic N) is 1. The Hall–Kier alpha value is -1.32. The molecular formula is C11H16N3+. The molecule has 0 amide bonds. The number of nitrogen functional groups attached to an aromatic ring is 1. The van der Waals surface area contributed by atoms with Crippen molar-refractivity contribution < 1.29 is 0 Å². The molecule has 0 saturated carbocycles. The van der Waals surface area contributed by atoms with E-state index < -0.39 is 0 Å². The summed E-state index contributed by atoms with van der Waals surface area (Å²) in [5.41, 5.74) is 8.86. The van der Waals surface area contributed by atoms with Crippen molar-refractivity contribution in [2.24, 2.45) is 5.84 Å². The van der Waals surface area contributed by atoms with Crippen molar-refractivity contribution in [1.29, 1.82) is 0 Å². The number of hydrogen-bond donors (Lipinski definition) is 2. The van der Waals surface area contributed by atoms with E-state index >= 15 is 0 Å². The molecule has 0 saturated heterocycles. The smallest absolute Gasteiger partial charge is 0.187 e. The van der Waals surface area contributed by atoms with Gasteiger partial charge in [-0.25, -0.2) is 0 Å². The third-order valence-electron chi connectivity index (χ3n) is 2.84. The zero-order valence-corrected chi connectivity index (χ0v) is 8.57. The van der Waals surface area contributed by atoms with Crippen LogP contribution in [0.1, 0.15) is 19.4 Å². The molecule has 1 heterocycles. The Labute approximate surface area is 84.2 Å². The summed E-state index contributed by atoms with van der Waals surface area (Å²) in [6.45, 7) is 4.18. The quantitative estimate of drug-likeness (QED) is 0.403. The maximum atomic E-state index is 6.28. The summed E-state index contributed by atoms with van der Waals surface area (Å²) in [7, 11) is 0. The van der Waals surface area contributed by atoms with E-state index in [-0.39, 0.29) is 6.04 Å². The largest absolute Gasteiger partial charge is 0.394 e. The van der Waals surface area contributed by atoms with Crippen LogP contribution >= 0.6 is 0 Å². The molecule has 0 spiro atoms. The number of quaternary nitrogens is 1. The van der Waals surface area contributed by atoms with Gasteiger partial charge in [-0.1, -0.05) is 6.07 Å². The van der Waals surface area contributed by atoms with E-state index in [1.165, 1.54) is 0 Å². The van der Waals surface area contributed by atoms with Crippen molar-refractivity contribution in [3.63, 3.8) is 0 Å². The van der Waals surface area contributed by atoms with Crippen molar-refractivity contribution >= 4 is 17.5 Å². The molecule has 4 N–H and O–H groups in total. The molecule has 1 aromatic rings. The molecule has 74 valence electrons. The number of nitrogens with two attached hydrogens (primary N) is 2. The maximum absolute atomic E-state index is 6.28. The molecule has 0 aromatic heterocycles. The summed E-state index contributed by atoms with van der Waals surface area (Å²) in [4.78, 5) is 0. The van der Waals surface area contributed by atoms with Crippen LogP contribution in [-0.2, 0) is 0 Å². The molecular weight excluding hydrogens is 174 g/mol. The summed E-state index contributed by atoms with van der Waals surface area (Å²) in [5, 5.41) is 0. The molecule has 1 aliphatic heterocycles. The monoisotopic (exact) mass is 190 g/mol. The van der Waals surface area contributed by atoms with Crippen LogP contribution in [0, 0.1) is 0 Å². The normalized spacial score (nSPS) is 24.3. The Morgan fingerprint density at radius 2 is 2.00 bits per heavy atom. The molecule has 1 atom stereocenters. The van der Waals surface area contributed by atoms with Gasteiger partial charge >= 0.3 is 0 Å². The van der Waals surface area contributed by atoms with Gasteiger partial charge in [0.15, 0.2) is 5.69 Å². The minimum absolute atomic E-state index is 0.289. The van der Waals surface area contributed by atoms with Gasteiger partial charge in [-0.15, -0.1) is 0 Å². The summed E-state index contributed by atoms with van der Waals surface area (Å²) in [6, 6.07) is 6.18. The first-order valence-corrected chi connectivity index (χ1v) is 4.81. The van der Waals surface area contributed by atoms with Crippen LogP contribution in [-0.4, -0.2) is 6.04 Å². The fraction of sp³-hybridized carbons (Fsp3) is 0.273. The van der Waals surface area contributed by atoms with E-state index in [9.17, 15) is 0 Å². The van der Waals surface area contributed by atoms with Crippen LogP contribution in [0.25, 0.3) is 6.08 Å². The van der Waals surface area contributed by atoms with Gasteiger partial charge in [0.05, 0.1) is 5.69 Å². The Balaban J connectivity index is 2.63. The standard InChI is InChI=1S/C11H16N3/c1-8(2)14(13)7-6-9-4-3-5-10(12)11(9)14/h3-8H,12-13H2,1-2H3/q+1. The molecule has 2 rings (SSSR count). The molecule has 0 bridgehead atoms. The van der Waals surface area contributed by atoms with Crippen LogP contribution in [0.4, 0.5) is 11.4 Å². The van der Waals surface area contributed by atoms with E-state index in [1.807, 2.05) is 30.5 Å². The molecule has 0 radical (unpaired) electrons. The zero-order chi connectivity index (χ0) is 10.3. The van der Waals surface area contributed by atoms with Crippen LogP contribution in [0.15, 0.2) is 24.4 Å². The second-order valence-electron chi connectivity index (χ2n) is 4.03. The zero-order valence-electron chi connectivity index (χ0n) is 8.57. The predicted molar refractivity (Wildman–Crippen MR) is 61.0 cm³/mol. The summed E-state index contributed by atoms with van der Waals surface area (Å²) >= 11 is 0. The first-order valence-electron chi connectivity index (χ1n) is 4.81. The number of fused-ring (bicyclic) bond motifs is 1. The fourth-order valence-electron chi connectivity index (χ4n) is 1.87. The Kier molecular flexibility index (Phi) is 1.87. The topological polar surface area (TPSA) is 52.0 Å². The SMILES string of the molecule is CC(C)[N+]1(N)C=Cc2cccc(N)c21. The Morgan fingerprint density at radius 3 is 2.64 bits per heavy atom. The van der Waals surface area contributed by atoms with Gasteiger partial charge in [0.25, 0.3) is 0 Å². The fourth-order valence-corrected chi connectivity index (χ4v) is 1.87. The average molecular weight is 190 g/mol. The van der Waals surface area contributed by atoms with E-state index in [4.69, 9.17) is 11.6 Å². The van der Waals surface area contributed by atoms with Crippen LogP contribution < -0.4 is 16.2 Å². The van der Waals surface area contributed by atoms with Crippen molar-refractivity contribution in [3.8, 4) is 0 Å². The first kappa shape index (κ1) is 9.24. The third kappa shape index (κ3) is 1.06. The lowest BCUT2D eigenvalue weighted by Gasteiger charge is -2.30. The van der Waals surface area contributed by atoms with Crippen LogP contribution in [0.5, 0.6) is 0 Å². The first-order chi connectivity index (χ1) is 6.55. The highest BCUT2D eigenvalue weighted by Gasteiger charge is 2.36. The lowest BCUT2D eigenvalue weighted by molar-refractivity contribution is 0.325. The molecule has 1 aliphatic rings. The van der Waals surface area contributed by atoms with Crippen molar-refractivity contribution in [1.82, 2.24) is 4.59 Å². The summed E-state index contributed by atoms with van der Waals surface area (Å²) in [6.07, 6.45) is 4.03.